The smallest absolute Gasteiger partial charge is 0.189 e. The lowest BCUT2D eigenvalue weighted by Crippen LogP contribution is -2.12. The van der Waals surface area contributed by atoms with Gasteiger partial charge in [-0.15, -0.1) is 26.6 Å². The Balaban J connectivity index is 1.68. The number of aryl methyl sites for hydroxylation is 1. The van der Waals surface area contributed by atoms with E-state index >= 15 is 8.78 Å². The lowest BCUT2D eigenvalue weighted by Gasteiger charge is -2.13. The van der Waals surface area contributed by atoms with Crippen LogP contribution in [0.15, 0.2) is 41.5 Å². The molecule has 6 nitrogen and oxygen atoms in total. The Morgan fingerprint density at radius 2 is 1.76 bits per heavy atom. The molecule has 4 heterocycles. The highest BCUT2D eigenvalue weighted by molar-refractivity contribution is 7.15. The molecule has 166 valence electrons. The summed E-state index contributed by atoms with van der Waals surface area (Å²) in [4.78, 5) is 6.09. The van der Waals surface area contributed by atoms with Crippen molar-refractivity contribution in [1.82, 2.24) is 25.0 Å². The molecule has 0 fully saturated rings. The number of aromatic nitrogens is 5. The van der Waals surface area contributed by atoms with Gasteiger partial charge < -0.3 is 0 Å². The van der Waals surface area contributed by atoms with Gasteiger partial charge in [0.25, 0.3) is 0 Å². The van der Waals surface area contributed by atoms with E-state index in [1.54, 1.807) is 23.6 Å². The minimum absolute atomic E-state index is 0.0878. The highest BCUT2D eigenvalue weighted by Crippen LogP contribution is 2.43. The number of halogens is 2. The first-order chi connectivity index (χ1) is 16.1. The van der Waals surface area contributed by atoms with Gasteiger partial charge in [0.15, 0.2) is 11.6 Å². The van der Waals surface area contributed by atoms with Gasteiger partial charge in [0.1, 0.15) is 28.4 Å². The first kappa shape index (κ1) is 20.3. The zero-order valence-electron chi connectivity index (χ0n) is 17.9. The Kier molecular flexibility index (Phi) is 4.86. The van der Waals surface area contributed by atoms with Crippen molar-refractivity contribution in [3.63, 3.8) is 0 Å². The van der Waals surface area contributed by atoms with Crippen molar-refractivity contribution < 1.29 is 8.78 Å². The van der Waals surface area contributed by atoms with Crippen molar-refractivity contribution in [1.29, 1.82) is 0 Å². The predicted molar refractivity (Wildman–Crippen MR) is 122 cm³/mol. The summed E-state index contributed by atoms with van der Waals surface area (Å²) in [6.07, 6.45) is 6.65. The molecule has 9 heteroatoms. The standard InChI is InChI=1S/C24H20F2N6S/c1-13-22-30-31-23(17-10-6-12-27-29-17)32(22)24-19(14-7-3-2-4-11-18(14)33-24)21(28-13)20-15(25)8-5-9-16(20)26/h5-6,8-10,12-13H,2-4,7,11H2,1H3/t13-/m0/s1. The number of hydrogen-bond donors (Lipinski definition) is 0. The first-order valence-electron chi connectivity index (χ1n) is 11.0. The van der Waals surface area contributed by atoms with E-state index in [-0.39, 0.29) is 5.56 Å². The molecular weight excluding hydrogens is 442 g/mol. The predicted octanol–water partition coefficient (Wildman–Crippen LogP) is 5.24. The van der Waals surface area contributed by atoms with Gasteiger partial charge in [-0.3, -0.25) is 9.56 Å². The van der Waals surface area contributed by atoms with Gasteiger partial charge >= 0.3 is 0 Å². The highest BCUT2D eigenvalue weighted by atomic mass is 32.1. The number of nitrogens with zero attached hydrogens (tertiary/aromatic N) is 6. The first-order valence-corrected chi connectivity index (χ1v) is 11.9. The van der Waals surface area contributed by atoms with Crippen LogP contribution in [-0.2, 0) is 12.8 Å². The summed E-state index contributed by atoms with van der Waals surface area (Å²) in [6, 6.07) is 7.11. The van der Waals surface area contributed by atoms with Crippen LogP contribution < -0.4 is 0 Å². The van der Waals surface area contributed by atoms with Crippen molar-refractivity contribution in [3.8, 4) is 16.5 Å². The fourth-order valence-electron chi connectivity index (χ4n) is 4.71. The van der Waals surface area contributed by atoms with Gasteiger partial charge in [-0.25, -0.2) is 8.78 Å². The summed E-state index contributed by atoms with van der Waals surface area (Å²) in [5, 5.41) is 17.9. The maximum absolute atomic E-state index is 15.0. The van der Waals surface area contributed by atoms with Crippen molar-refractivity contribution >= 4 is 17.0 Å². The van der Waals surface area contributed by atoms with Crippen molar-refractivity contribution in [3.05, 3.63) is 75.6 Å². The maximum atomic E-state index is 15.0. The van der Waals surface area contributed by atoms with Gasteiger partial charge in [-0.05, 0) is 62.4 Å². The molecule has 0 saturated carbocycles. The topological polar surface area (TPSA) is 68.8 Å². The van der Waals surface area contributed by atoms with Crippen LogP contribution in [0.5, 0.6) is 0 Å². The molecule has 0 N–H and O–H groups in total. The largest absolute Gasteiger partial charge is 0.273 e. The molecule has 2 aliphatic rings. The monoisotopic (exact) mass is 462 g/mol. The summed E-state index contributed by atoms with van der Waals surface area (Å²) >= 11 is 1.64. The third kappa shape index (κ3) is 3.21. The van der Waals surface area contributed by atoms with E-state index in [1.165, 1.54) is 23.1 Å². The molecule has 3 aromatic heterocycles. The molecule has 4 aromatic rings. The average Bonchev–Trinajstić information content (AvgIpc) is 3.29. The van der Waals surface area contributed by atoms with E-state index in [2.05, 4.69) is 20.4 Å². The average molecular weight is 463 g/mol. The van der Waals surface area contributed by atoms with Crippen LogP contribution in [0.1, 0.15) is 59.6 Å². The third-order valence-electron chi connectivity index (χ3n) is 6.23. The van der Waals surface area contributed by atoms with E-state index in [1.807, 2.05) is 17.6 Å². The molecule has 1 atom stereocenters. The van der Waals surface area contributed by atoms with Gasteiger partial charge in [-0.2, -0.15) is 5.10 Å². The summed E-state index contributed by atoms with van der Waals surface area (Å²) in [5.41, 5.74) is 2.76. The zero-order chi connectivity index (χ0) is 22.5. The Morgan fingerprint density at radius 1 is 0.939 bits per heavy atom. The number of fused-ring (bicyclic) bond motifs is 5. The summed E-state index contributed by atoms with van der Waals surface area (Å²) in [7, 11) is 0. The number of hydrogen-bond acceptors (Lipinski definition) is 6. The van der Waals surface area contributed by atoms with Gasteiger partial charge in [0.2, 0.25) is 0 Å². The molecule has 1 aromatic carbocycles. The lowest BCUT2D eigenvalue weighted by atomic mass is 9.96. The number of rotatable bonds is 2. The van der Waals surface area contributed by atoms with Crippen LogP contribution >= 0.6 is 11.3 Å². The molecular formula is C24H20F2N6S. The molecule has 0 radical (unpaired) electrons. The number of benzene rings is 1. The Labute approximate surface area is 193 Å². The van der Waals surface area contributed by atoms with E-state index < -0.39 is 17.7 Å². The second-order valence-electron chi connectivity index (χ2n) is 8.32. The van der Waals surface area contributed by atoms with Gasteiger partial charge in [0.05, 0.1) is 11.3 Å². The summed E-state index contributed by atoms with van der Waals surface area (Å²) in [5.74, 6) is -0.0762. The van der Waals surface area contributed by atoms with Crippen molar-refractivity contribution in [2.75, 3.05) is 0 Å². The third-order valence-corrected chi connectivity index (χ3v) is 7.51. The van der Waals surface area contributed by atoms with E-state index in [0.29, 0.717) is 23.1 Å². The quantitative estimate of drug-likeness (QED) is 0.382. The minimum atomic E-state index is -0.618. The highest BCUT2D eigenvalue weighted by Gasteiger charge is 2.34. The normalized spacial score (nSPS) is 17.4. The van der Waals surface area contributed by atoms with Crippen LogP contribution in [0, 0.1) is 11.6 Å². The van der Waals surface area contributed by atoms with Gasteiger partial charge in [0, 0.05) is 16.6 Å². The SMILES string of the molecule is C[C@@H]1N=C(c2c(F)cccc2F)c2c(sc3c2CCCCC3)-n2c(-c3cccnn3)nnc21. The molecule has 1 aliphatic carbocycles. The Bertz CT molecular complexity index is 1370. The molecule has 0 spiro atoms. The fraction of sp³-hybridized carbons (Fsp3) is 0.292. The molecule has 0 bridgehead atoms. The Morgan fingerprint density at radius 3 is 2.55 bits per heavy atom. The molecule has 6 rings (SSSR count). The van der Waals surface area contributed by atoms with E-state index in [0.717, 1.165) is 48.2 Å². The van der Waals surface area contributed by atoms with Crippen molar-refractivity contribution in [2.24, 2.45) is 4.99 Å². The van der Waals surface area contributed by atoms with Crippen LogP contribution in [0.25, 0.3) is 16.5 Å². The Hall–Kier alpha value is -3.33. The fourth-order valence-corrected chi connectivity index (χ4v) is 6.11. The van der Waals surface area contributed by atoms with Crippen LogP contribution in [-0.4, -0.2) is 30.7 Å². The maximum Gasteiger partial charge on any atom is 0.189 e. The molecule has 0 amide bonds. The number of aliphatic imine (C=N–C) groups is 1. The summed E-state index contributed by atoms with van der Waals surface area (Å²) < 4.78 is 32.0. The lowest BCUT2D eigenvalue weighted by molar-refractivity contribution is 0.578. The van der Waals surface area contributed by atoms with Crippen LogP contribution in [0.2, 0.25) is 0 Å². The summed E-state index contributed by atoms with van der Waals surface area (Å²) in [6.45, 7) is 1.87. The second-order valence-corrected chi connectivity index (χ2v) is 9.40. The van der Waals surface area contributed by atoms with E-state index in [9.17, 15) is 0 Å². The molecule has 33 heavy (non-hydrogen) atoms. The molecule has 1 aliphatic heterocycles. The zero-order valence-corrected chi connectivity index (χ0v) is 18.7. The number of thiophene rings is 1. The minimum Gasteiger partial charge on any atom is -0.273 e. The van der Waals surface area contributed by atoms with Crippen LogP contribution in [0.3, 0.4) is 0 Å². The van der Waals surface area contributed by atoms with E-state index in [4.69, 9.17) is 4.99 Å². The van der Waals surface area contributed by atoms with Crippen molar-refractivity contribution in [2.45, 2.75) is 45.1 Å². The second kappa shape index (κ2) is 7.91. The molecule has 0 saturated heterocycles. The van der Waals surface area contributed by atoms with Crippen LogP contribution in [0.4, 0.5) is 8.78 Å². The van der Waals surface area contributed by atoms with Gasteiger partial charge in [-0.1, -0.05) is 12.5 Å². The molecule has 0 unspecified atom stereocenters.